The number of nitrogens with zero attached hydrogens (tertiary/aromatic N) is 4. The average molecular weight is 383 g/mol. The molecule has 2 amide bonds. The second-order valence-electron chi connectivity index (χ2n) is 6.19. The molecular formula is C17H20F3N5O2. The van der Waals surface area contributed by atoms with E-state index in [2.05, 4.69) is 20.4 Å². The fourth-order valence-corrected chi connectivity index (χ4v) is 2.81. The van der Waals surface area contributed by atoms with Crippen molar-refractivity contribution in [1.29, 1.82) is 0 Å². The minimum Gasteiger partial charge on any atom is -0.338 e. The first-order valence-electron chi connectivity index (χ1n) is 8.62. The molecule has 0 spiro atoms. The second-order valence-corrected chi connectivity index (χ2v) is 6.19. The monoisotopic (exact) mass is 383 g/mol. The maximum Gasteiger partial charge on any atom is 0.416 e. The van der Waals surface area contributed by atoms with Crippen LogP contribution in [0.5, 0.6) is 0 Å². The highest BCUT2D eigenvalue weighted by Crippen LogP contribution is 2.30. The lowest BCUT2D eigenvalue weighted by Gasteiger charge is -2.33. The molecule has 0 saturated carbocycles. The van der Waals surface area contributed by atoms with Crippen LogP contribution in [0.1, 0.15) is 18.3 Å². The Morgan fingerprint density at radius 2 is 1.85 bits per heavy atom. The van der Waals surface area contributed by atoms with E-state index in [-0.39, 0.29) is 11.9 Å². The molecule has 0 aliphatic carbocycles. The summed E-state index contributed by atoms with van der Waals surface area (Å²) in [4.78, 5) is 19.9. The lowest BCUT2D eigenvalue weighted by Crippen LogP contribution is -2.51. The number of amides is 2. The number of carbonyl (C=O) groups excluding carboxylic acids is 1. The number of hydrogen-bond acceptors (Lipinski definition) is 5. The Labute approximate surface area is 154 Å². The first kappa shape index (κ1) is 19.2. The van der Waals surface area contributed by atoms with E-state index in [1.165, 1.54) is 12.1 Å². The van der Waals surface area contributed by atoms with Crippen LogP contribution in [0.4, 0.5) is 18.0 Å². The van der Waals surface area contributed by atoms with Crippen LogP contribution in [0.3, 0.4) is 0 Å². The summed E-state index contributed by atoms with van der Waals surface area (Å²) >= 11 is 0. The molecule has 2 aromatic rings. The Bertz CT molecular complexity index is 768. The zero-order valence-corrected chi connectivity index (χ0v) is 14.8. The summed E-state index contributed by atoms with van der Waals surface area (Å²) in [5.41, 5.74) is -0.293. The van der Waals surface area contributed by atoms with Crippen LogP contribution in [0.15, 0.2) is 28.8 Å². The summed E-state index contributed by atoms with van der Waals surface area (Å²) < 4.78 is 43.0. The Morgan fingerprint density at radius 3 is 2.44 bits per heavy atom. The molecule has 2 heterocycles. The van der Waals surface area contributed by atoms with Crippen molar-refractivity contribution in [3.63, 3.8) is 0 Å². The van der Waals surface area contributed by atoms with Crippen molar-refractivity contribution in [2.45, 2.75) is 19.6 Å². The van der Waals surface area contributed by atoms with Crippen LogP contribution < -0.4 is 5.32 Å². The summed E-state index contributed by atoms with van der Waals surface area (Å²) in [6, 6.07) is 4.53. The summed E-state index contributed by atoms with van der Waals surface area (Å²) in [5, 5.41) is 6.67. The van der Waals surface area contributed by atoms with Gasteiger partial charge < -0.3 is 14.7 Å². The number of piperazine rings is 1. The number of rotatable bonds is 4. The van der Waals surface area contributed by atoms with Gasteiger partial charge in [-0.25, -0.2) is 4.79 Å². The van der Waals surface area contributed by atoms with Crippen LogP contribution in [0, 0.1) is 0 Å². The van der Waals surface area contributed by atoms with Crippen molar-refractivity contribution in [2.24, 2.45) is 0 Å². The lowest BCUT2D eigenvalue weighted by atomic mass is 10.1. The maximum absolute atomic E-state index is 12.6. The minimum absolute atomic E-state index is 0.0682. The van der Waals surface area contributed by atoms with E-state index < -0.39 is 11.7 Å². The molecule has 3 rings (SSSR count). The summed E-state index contributed by atoms with van der Waals surface area (Å²) in [6.45, 7) is 5.49. The molecule has 1 aliphatic rings. The summed E-state index contributed by atoms with van der Waals surface area (Å²) in [7, 11) is 0. The predicted molar refractivity (Wildman–Crippen MR) is 90.7 cm³/mol. The van der Waals surface area contributed by atoms with Crippen molar-refractivity contribution < 1.29 is 22.5 Å². The highest BCUT2D eigenvalue weighted by molar-refractivity contribution is 5.74. The molecule has 0 radical (unpaired) electrons. The first-order valence-corrected chi connectivity index (χ1v) is 8.62. The van der Waals surface area contributed by atoms with Gasteiger partial charge in [0.15, 0.2) is 5.82 Å². The molecule has 27 heavy (non-hydrogen) atoms. The zero-order valence-electron chi connectivity index (χ0n) is 14.8. The SMILES string of the molecule is CCNC(=O)N1CCN(Cc2noc(-c3ccc(C(F)(F)F)cc3)n2)CC1. The van der Waals surface area contributed by atoms with E-state index in [9.17, 15) is 18.0 Å². The van der Waals surface area contributed by atoms with Crippen LogP contribution in [0.2, 0.25) is 0 Å². The number of urea groups is 1. The van der Waals surface area contributed by atoms with Crippen molar-refractivity contribution >= 4 is 6.03 Å². The van der Waals surface area contributed by atoms with E-state index in [4.69, 9.17) is 4.52 Å². The van der Waals surface area contributed by atoms with Crippen LogP contribution in [-0.4, -0.2) is 58.7 Å². The van der Waals surface area contributed by atoms with Gasteiger partial charge in [-0.05, 0) is 31.2 Å². The fraction of sp³-hybridized carbons (Fsp3) is 0.471. The van der Waals surface area contributed by atoms with Gasteiger partial charge in [-0.15, -0.1) is 0 Å². The van der Waals surface area contributed by atoms with Gasteiger partial charge in [-0.2, -0.15) is 18.2 Å². The number of halogens is 3. The lowest BCUT2D eigenvalue weighted by molar-refractivity contribution is -0.137. The number of hydrogen-bond donors (Lipinski definition) is 1. The van der Waals surface area contributed by atoms with E-state index in [0.717, 1.165) is 12.1 Å². The van der Waals surface area contributed by atoms with Gasteiger partial charge in [-0.1, -0.05) is 5.16 Å². The Kier molecular flexibility index (Phi) is 5.64. The van der Waals surface area contributed by atoms with E-state index in [0.29, 0.717) is 50.7 Å². The maximum atomic E-state index is 12.6. The van der Waals surface area contributed by atoms with E-state index >= 15 is 0 Å². The number of nitrogens with one attached hydrogen (secondary N) is 1. The van der Waals surface area contributed by atoms with Crippen LogP contribution in [-0.2, 0) is 12.7 Å². The van der Waals surface area contributed by atoms with Gasteiger partial charge >= 0.3 is 12.2 Å². The number of aromatic nitrogens is 2. The van der Waals surface area contributed by atoms with Crippen molar-refractivity contribution in [1.82, 2.24) is 25.3 Å². The number of alkyl halides is 3. The van der Waals surface area contributed by atoms with Crippen molar-refractivity contribution in [2.75, 3.05) is 32.7 Å². The Balaban J connectivity index is 1.57. The number of benzene rings is 1. The van der Waals surface area contributed by atoms with Crippen molar-refractivity contribution in [3.05, 3.63) is 35.7 Å². The van der Waals surface area contributed by atoms with Crippen molar-refractivity contribution in [3.8, 4) is 11.5 Å². The van der Waals surface area contributed by atoms with Crippen LogP contribution in [0.25, 0.3) is 11.5 Å². The van der Waals surface area contributed by atoms with Gasteiger partial charge in [0, 0.05) is 38.3 Å². The van der Waals surface area contributed by atoms with E-state index in [1.807, 2.05) is 6.92 Å². The molecule has 1 N–H and O–H groups in total. The van der Waals surface area contributed by atoms with Gasteiger partial charge in [0.1, 0.15) is 0 Å². The third-order valence-corrected chi connectivity index (χ3v) is 4.28. The van der Waals surface area contributed by atoms with Crippen LogP contribution >= 0.6 is 0 Å². The first-order chi connectivity index (χ1) is 12.9. The highest BCUT2D eigenvalue weighted by Gasteiger charge is 2.30. The minimum atomic E-state index is -4.38. The molecular weight excluding hydrogens is 363 g/mol. The Hall–Kier alpha value is -2.62. The third-order valence-electron chi connectivity index (χ3n) is 4.28. The van der Waals surface area contributed by atoms with E-state index in [1.54, 1.807) is 4.90 Å². The zero-order chi connectivity index (χ0) is 19.4. The predicted octanol–water partition coefficient (Wildman–Crippen LogP) is 2.60. The average Bonchev–Trinajstić information content (AvgIpc) is 3.10. The molecule has 1 aliphatic heterocycles. The normalized spacial score (nSPS) is 15.8. The smallest absolute Gasteiger partial charge is 0.338 e. The molecule has 0 atom stereocenters. The molecule has 7 nitrogen and oxygen atoms in total. The molecule has 1 fully saturated rings. The summed E-state index contributed by atoms with van der Waals surface area (Å²) in [5.74, 6) is 0.635. The van der Waals surface area contributed by atoms with Gasteiger partial charge in [0.2, 0.25) is 0 Å². The molecule has 146 valence electrons. The fourth-order valence-electron chi connectivity index (χ4n) is 2.81. The molecule has 10 heteroatoms. The second kappa shape index (κ2) is 7.95. The van der Waals surface area contributed by atoms with Gasteiger partial charge in [-0.3, -0.25) is 4.90 Å². The Morgan fingerprint density at radius 1 is 1.19 bits per heavy atom. The van der Waals surface area contributed by atoms with Gasteiger partial charge in [0.25, 0.3) is 5.89 Å². The quantitative estimate of drug-likeness (QED) is 0.879. The third kappa shape index (κ3) is 4.76. The molecule has 0 bridgehead atoms. The molecule has 0 unspecified atom stereocenters. The summed E-state index contributed by atoms with van der Waals surface area (Å²) in [6.07, 6.45) is -4.38. The number of carbonyl (C=O) groups is 1. The van der Waals surface area contributed by atoms with Gasteiger partial charge in [0.05, 0.1) is 12.1 Å². The topological polar surface area (TPSA) is 74.5 Å². The molecule has 1 saturated heterocycles. The largest absolute Gasteiger partial charge is 0.416 e. The molecule has 1 aromatic carbocycles. The molecule has 1 aromatic heterocycles. The standard InChI is InChI=1S/C17H20F3N5O2/c1-2-21-16(26)25-9-7-24(8-10-25)11-14-22-15(27-23-14)12-3-5-13(6-4-12)17(18,19)20/h3-6H,2,7-11H2,1H3,(H,21,26). The highest BCUT2D eigenvalue weighted by atomic mass is 19.4.